The van der Waals surface area contributed by atoms with Gasteiger partial charge in [0, 0.05) is 23.9 Å². The fourth-order valence-corrected chi connectivity index (χ4v) is 3.03. The van der Waals surface area contributed by atoms with Crippen molar-refractivity contribution in [3.05, 3.63) is 64.5 Å². The van der Waals surface area contributed by atoms with E-state index in [4.69, 9.17) is 4.74 Å². The molecule has 0 aliphatic heterocycles. The lowest BCUT2D eigenvalue weighted by Crippen LogP contribution is -2.01. The van der Waals surface area contributed by atoms with Crippen LogP contribution in [0.2, 0.25) is 0 Å². The summed E-state index contributed by atoms with van der Waals surface area (Å²) >= 11 is 1.73. The summed E-state index contributed by atoms with van der Waals surface area (Å²) in [6.07, 6.45) is 4.05. The van der Waals surface area contributed by atoms with Gasteiger partial charge in [-0.3, -0.25) is 0 Å². The molecule has 1 aromatic carbocycles. The molecule has 0 unspecified atom stereocenters. The van der Waals surface area contributed by atoms with Gasteiger partial charge in [0.05, 0.1) is 6.61 Å². The Morgan fingerprint density at radius 3 is 2.81 bits per heavy atom. The summed E-state index contributed by atoms with van der Waals surface area (Å²) in [5, 5.41) is 4.28. The number of aromatic nitrogens is 1. The summed E-state index contributed by atoms with van der Waals surface area (Å²) in [5.41, 5.74) is 4.91. The highest BCUT2D eigenvalue weighted by molar-refractivity contribution is 7.07. The molecule has 0 fully saturated rings. The zero-order chi connectivity index (χ0) is 14.5. The molecule has 0 bridgehead atoms. The summed E-state index contributed by atoms with van der Waals surface area (Å²) in [7, 11) is 0. The van der Waals surface area contributed by atoms with Crippen LogP contribution in [0.15, 0.2) is 53.4 Å². The molecule has 0 atom stereocenters. The molecule has 0 aliphatic rings. The van der Waals surface area contributed by atoms with Gasteiger partial charge in [0.2, 0.25) is 0 Å². The van der Waals surface area contributed by atoms with E-state index in [9.17, 15) is 0 Å². The molecule has 3 rings (SSSR count). The van der Waals surface area contributed by atoms with Crippen molar-refractivity contribution in [3.63, 3.8) is 0 Å². The maximum Gasteiger partial charge on any atom is 0.128 e. The minimum Gasteiger partial charge on any atom is -0.493 e. The fourth-order valence-electron chi connectivity index (χ4n) is 2.33. The molecule has 2 aromatic heterocycles. The zero-order valence-electron chi connectivity index (χ0n) is 12.1. The van der Waals surface area contributed by atoms with E-state index in [0.717, 1.165) is 29.8 Å². The van der Waals surface area contributed by atoms with Crippen LogP contribution in [-0.4, -0.2) is 11.6 Å². The van der Waals surface area contributed by atoms with Crippen molar-refractivity contribution in [1.29, 1.82) is 0 Å². The van der Waals surface area contributed by atoms with E-state index in [0.29, 0.717) is 6.61 Å². The van der Waals surface area contributed by atoms with E-state index in [-0.39, 0.29) is 0 Å². The van der Waals surface area contributed by atoms with E-state index < -0.39 is 0 Å². The molecule has 108 valence electrons. The average molecular weight is 297 g/mol. The highest BCUT2D eigenvalue weighted by Crippen LogP contribution is 2.29. The SMILES string of the molecule is CCc1c[nH]c(-c2ccccc2OCCc2ccsc2)c1. The Morgan fingerprint density at radius 1 is 1.14 bits per heavy atom. The maximum absolute atomic E-state index is 5.99. The van der Waals surface area contributed by atoms with Crippen LogP contribution >= 0.6 is 11.3 Å². The molecule has 0 saturated carbocycles. The van der Waals surface area contributed by atoms with Crippen molar-refractivity contribution < 1.29 is 4.74 Å². The predicted molar refractivity (Wildman–Crippen MR) is 89.1 cm³/mol. The van der Waals surface area contributed by atoms with Crippen molar-refractivity contribution in [2.75, 3.05) is 6.61 Å². The molecule has 1 N–H and O–H groups in total. The average Bonchev–Trinajstić information content (AvgIpc) is 3.19. The zero-order valence-corrected chi connectivity index (χ0v) is 13.0. The number of hydrogen-bond donors (Lipinski definition) is 1. The second-order valence-electron chi connectivity index (χ2n) is 5.00. The predicted octanol–water partition coefficient (Wildman–Crippen LogP) is 4.93. The molecule has 2 heterocycles. The number of ether oxygens (including phenoxy) is 1. The Morgan fingerprint density at radius 2 is 2.05 bits per heavy atom. The van der Waals surface area contributed by atoms with Crippen LogP contribution in [0.4, 0.5) is 0 Å². The normalized spacial score (nSPS) is 10.7. The lowest BCUT2D eigenvalue weighted by Gasteiger charge is -2.10. The van der Waals surface area contributed by atoms with Crippen molar-refractivity contribution in [1.82, 2.24) is 4.98 Å². The Balaban J connectivity index is 1.73. The summed E-state index contributed by atoms with van der Waals surface area (Å²) in [6, 6.07) is 12.6. The van der Waals surface area contributed by atoms with Gasteiger partial charge < -0.3 is 9.72 Å². The van der Waals surface area contributed by atoms with E-state index in [2.05, 4.69) is 47.1 Å². The fraction of sp³-hybridized carbons (Fsp3) is 0.222. The molecular weight excluding hydrogens is 278 g/mol. The molecule has 3 heteroatoms. The first-order valence-corrected chi connectivity index (χ1v) is 8.21. The van der Waals surface area contributed by atoms with Crippen molar-refractivity contribution >= 4 is 11.3 Å². The molecule has 0 amide bonds. The third-order valence-corrected chi connectivity index (χ3v) is 4.29. The third kappa shape index (κ3) is 3.37. The maximum atomic E-state index is 5.99. The number of para-hydroxylation sites is 1. The van der Waals surface area contributed by atoms with Gasteiger partial charge in [0.25, 0.3) is 0 Å². The summed E-state index contributed by atoms with van der Waals surface area (Å²) < 4.78 is 5.99. The van der Waals surface area contributed by atoms with Gasteiger partial charge in [-0.2, -0.15) is 11.3 Å². The number of nitrogens with one attached hydrogen (secondary N) is 1. The minimum absolute atomic E-state index is 0.703. The second-order valence-corrected chi connectivity index (χ2v) is 5.78. The Labute approximate surface area is 129 Å². The van der Waals surface area contributed by atoms with Gasteiger partial charge in [-0.25, -0.2) is 0 Å². The minimum atomic E-state index is 0.703. The summed E-state index contributed by atoms with van der Waals surface area (Å²) in [6.45, 7) is 2.87. The summed E-state index contributed by atoms with van der Waals surface area (Å²) in [5.74, 6) is 0.942. The van der Waals surface area contributed by atoms with E-state index in [1.165, 1.54) is 11.1 Å². The lowest BCUT2D eigenvalue weighted by molar-refractivity contribution is 0.323. The van der Waals surface area contributed by atoms with Gasteiger partial charge in [-0.15, -0.1) is 0 Å². The van der Waals surface area contributed by atoms with Crippen LogP contribution in [0, 0.1) is 0 Å². The number of thiophene rings is 1. The van der Waals surface area contributed by atoms with Crippen molar-refractivity contribution in [2.45, 2.75) is 19.8 Å². The molecule has 3 aromatic rings. The largest absolute Gasteiger partial charge is 0.493 e. The monoisotopic (exact) mass is 297 g/mol. The number of benzene rings is 1. The molecule has 0 spiro atoms. The van der Waals surface area contributed by atoms with Gasteiger partial charge in [0.1, 0.15) is 5.75 Å². The first-order chi connectivity index (χ1) is 10.4. The number of rotatable bonds is 6. The highest BCUT2D eigenvalue weighted by Gasteiger charge is 2.08. The smallest absolute Gasteiger partial charge is 0.128 e. The molecular formula is C18H19NOS. The number of aryl methyl sites for hydroxylation is 1. The third-order valence-electron chi connectivity index (χ3n) is 3.56. The second kappa shape index (κ2) is 6.64. The van der Waals surface area contributed by atoms with Crippen LogP contribution in [0.5, 0.6) is 5.75 Å². The van der Waals surface area contributed by atoms with Crippen molar-refractivity contribution in [2.24, 2.45) is 0 Å². The Hall–Kier alpha value is -2.00. The molecule has 0 saturated heterocycles. The van der Waals surface area contributed by atoms with E-state index >= 15 is 0 Å². The van der Waals surface area contributed by atoms with Crippen LogP contribution < -0.4 is 4.74 Å². The standard InChI is InChI=1S/C18H19NOS/c1-2-14-11-17(19-12-14)16-5-3-4-6-18(16)20-9-7-15-8-10-21-13-15/h3-6,8,10-13,19H,2,7,9H2,1H3. The molecule has 0 aliphatic carbocycles. The lowest BCUT2D eigenvalue weighted by atomic mass is 10.1. The summed E-state index contributed by atoms with van der Waals surface area (Å²) in [4.78, 5) is 3.34. The first-order valence-electron chi connectivity index (χ1n) is 7.27. The van der Waals surface area contributed by atoms with Crippen LogP contribution in [0.1, 0.15) is 18.1 Å². The van der Waals surface area contributed by atoms with Gasteiger partial charge in [0.15, 0.2) is 0 Å². The topological polar surface area (TPSA) is 25.0 Å². The molecule has 21 heavy (non-hydrogen) atoms. The first kappa shape index (κ1) is 14.0. The Kier molecular flexibility index (Phi) is 4.41. The highest BCUT2D eigenvalue weighted by atomic mass is 32.1. The van der Waals surface area contributed by atoms with Crippen molar-refractivity contribution in [3.8, 4) is 17.0 Å². The quantitative estimate of drug-likeness (QED) is 0.686. The number of H-pyrrole nitrogens is 1. The van der Waals surface area contributed by atoms with Gasteiger partial charge in [-0.1, -0.05) is 19.1 Å². The number of hydrogen-bond acceptors (Lipinski definition) is 2. The van der Waals surface area contributed by atoms with Gasteiger partial charge in [-0.05, 0) is 52.6 Å². The van der Waals surface area contributed by atoms with E-state index in [1.54, 1.807) is 11.3 Å². The van der Waals surface area contributed by atoms with Crippen LogP contribution in [0.3, 0.4) is 0 Å². The van der Waals surface area contributed by atoms with E-state index in [1.807, 2.05) is 18.2 Å². The van der Waals surface area contributed by atoms with Crippen LogP contribution in [-0.2, 0) is 12.8 Å². The molecule has 0 radical (unpaired) electrons. The van der Waals surface area contributed by atoms with Crippen LogP contribution in [0.25, 0.3) is 11.3 Å². The van der Waals surface area contributed by atoms with Gasteiger partial charge >= 0.3 is 0 Å². The Bertz CT molecular complexity index is 685. The molecule has 2 nitrogen and oxygen atoms in total. The number of aromatic amines is 1.